The second kappa shape index (κ2) is 8.51. The largest absolute Gasteiger partial charge is 0.493 e. The molecular formula is C24H19ClO5. The zero-order valence-electron chi connectivity index (χ0n) is 16.5. The zero-order chi connectivity index (χ0) is 21.1. The molecule has 0 spiro atoms. The van der Waals surface area contributed by atoms with Gasteiger partial charge in [0.25, 0.3) is 0 Å². The molecule has 0 fully saturated rings. The van der Waals surface area contributed by atoms with Gasteiger partial charge in [-0.25, -0.2) is 0 Å². The van der Waals surface area contributed by atoms with E-state index in [1.807, 2.05) is 18.2 Å². The fourth-order valence-corrected chi connectivity index (χ4v) is 3.42. The summed E-state index contributed by atoms with van der Waals surface area (Å²) in [5.41, 5.74) is 1.70. The lowest BCUT2D eigenvalue weighted by Crippen LogP contribution is -2.10. The Morgan fingerprint density at radius 3 is 2.47 bits per heavy atom. The maximum atomic E-state index is 13.2. The van der Waals surface area contributed by atoms with Crippen molar-refractivity contribution in [3.63, 3.8) is 0 Å². The fourth-order valence-electron chi connectivity index (χ4n) is 3.21. The van der Waals surface area contributed by atoms with Gasteiger partial charge >= 0.3 is 0 Å². The van der Waals surface area contributed by atoms with Gasteiger partial charge in [0.1, 0.15) is 12.2 Å². The number of rotatable bonds is 6. The molecular weight excluding hydrogens is 404 g/mol. The van der Waals surface area contributed by atoms with Crippen molar-refractivity contribution in [3.05, 3.63) is 87.5 Å². The van der Waals surface area contributed by atoms with Crippen molar-refractivity contribution in [2.75, 3.05) is 14.2 Å². The molecule has 0 radical (unpaired) electrons. The molecule has 3 aromatic carbocycles. The molecule has 0 N–H and O–H groups in total. The zero-order valence-corrected chi connectivity index (χ0v) is 17.2. The lowest BCUT2D eigenvalue weighted by molar-refractivity contribution is 0.298. The maximum Gasteiger partial charge on any atom is 0.235 e. The van der Waals surface area contributed by atoms with Gasteiger partial charge in [0, 0.05) is 10.6 Å². The first-order chi connectivity index (χ1) is 14.6. The number of fused-ring (bicyclic) bond motifs is 1. The quantitative estimate of drug-likeness (QED) is 0.398. The van der Waals surface area contributed by atoms with E-state index in [2.05, 4.69) is 0 Å². The minimum Gasteiger partial charge on any atom is -0.493 e. The Morgan fingerprint density at radius 2 is 1.70 bits per heavy atom. The third-order valence-electron chi connectivity index (χ3n) is 4.67. The summed E-state index contributed by atoms with van der Waals surface area (Å²) in [6.45, 7) is 0.171. The summed E-state index contributed by atoms with van der Waals surface area (Å²) in [5.74, 6) is 1.54. The Kier molecular flexibility index (Phi) is 5.63. The average molecular weight is 423 g/mol. The van der Waals surface area contributed by atoms with Gasteiger partial charge in [-0.05, 0) is 48.0 Å². The van der Waals surface area contributed by atoms with E-state index < -0.39 is 0 Å². The molecule has 4 rings (SSSR count). The molecule has 0 aliphatic heterocycles. The van der Waals surface area contributed by atoms with Crippen LogP contribution in [0.3, 0.4) is 0 Å². The minimum atomic E-state index is -0.247. The molecule has 6 heteroatoms. The molecule has 0 aliphatic rings. The predicted molar refractivity (Wildman–Crippen MR) is 117 cm³/mol. The van der Waals surface area contributed by atoms with Crippen LogP contribution in [0, 0.1) is 0 Å². The summed E-state index contributed by atoms with van der Waals surface area (Å²) in [7, 11) is 3.11. The van der Waals surface area contributed by atoms with E-state index in [1.54, 1.807) is 62.8 Å². The number of benzene rings is 3. The standard InChI is InChI=1S/C24H19ClO5/c1-27-20-11-10-16(13-21(20)28-2)23-24(29-14-15-6-5-7-17(25)12-15)22(26)18-8-3-4-9-19(18)30-23/h3-13H,14H2,1-2H3. The summed E-state index contributed by atoms with van der Waals surface area (Å²) < 4.78 is 22.8. The molecule has 0 aliphatic carbocycles. The van der Waals surface area contributed by atoms with Crippen LogP contribution in [0.2, 0.25) is 5.02 Å². The second-order valence-electron chi connectivity index (χ2n) is 6.57. The van der Waals surface area contributed by atoms with Crippen LogP contribution >= 0.6 is 11.6 Å². The SMILES string of the molecule is COc1ccc(-c2oc3ccccc3c(=O)c2OCc2cccc(Cl)c2)cc1OC. The van der Waals surface area contributed by atoms with Crippen LogP contribution in [-0.2, 0) is 6.61 Å². The number of hydrogen-bond donors (Lipinski definition) is 0. The molecule has 0 saturated carbocycles. The Hall–Kier alpha value is -3.44. The van der Waals surface area contributed by atoms with Crippen molar-refractivity contribution in [2.45, 2.75) is 6.61 Å². The van der Waals surface area contributed by atoms with E-state index in [0.717, 1.165) is 5.56 Å². The van der Waals surface area contributed by atoms with E-state index in [1.165, 1.54) is 0 Å². The first-order valence-electron chi connectivity index (χ1n) is 9.26. The first-order valence-corrected chi connectivity index (χ1v) is 9.64. The van der Waals surface area contributed by atoms with Crippen LogP contribution in [0.15, 0.2) is 75.9 Å². The fraction of sp³-hybridized carbons (Fsp3) is 0.125. The summed E-state index contributed by atoms with van der Waals surface area (Å²) >= 11 is 6.06. The normalized spacial score (nSPS) is 10.8. The smallest absolute Gasteiger partial charge is 0.235 e. The monoisotopic (exact) mass is 422 g/mol. The van der Waals surface area contributed by atoms with E-state index in [4.69, 9.17) is 30.2 Å². The molecule has 0 saturated heterocycles. The summed E-state index contributed by atoms with van der Waals surface area (Å²) in [4.78, 5) is 13.2. The van der Waals surface area contributed by atoms with Crippen molar-refractivity contribution >= 4 is 22.6 Å². The highest BCUT2D eigenvalue weighted by atomic mass is 35.5. The topological polar surface area (TPSA) is 57.9 Å². The van der Waals surface area contributed by atoms with Crippen LogP contribution in [0.5, 0.6) is 17.2 Å². The van der Waals surface area contributed by atoms with Crippen LogP contribution in [0.4, 0.5) is 0 Å². The van der Waals surface area contributed by atoms with E-state index in [-0.39, 0.29) is 17.8 Å². The Morgan fingerprint density at radius 1 is 0.900 bits per heavy atom. The van der Waals surface area contributed by atoms with Crippen LogP contribution in [0.1, 0.15) is 5.56 Å². The molecule has 152 valence electrons. The van der Waals surface area contributed by atoms with Crippen molar-refractivity contribution < 1.29 is 18.6 Å². The maximum absolute atomic E-state index is 13.2. The highest BCUT2D eigenvalue weighted by molar-refractivity contribution is 6.30. The van der Waals surface area contributed by atoms with Gasteiger partial charge in [-0.15, -0.1) is 0 Å². The van der Waals surface area contributed by atoms with Gasteiger partial charge < -0.3 is 18.6 Å². The van der Waals surface area contributed by atoms with Crippen molar-refractivity contribution in [2.24, 2.45) is 0 Å². The summed E-state index contributed by atoms with van der Waals surface area (Å²) in [6.07, 6.45) is 0. The lowest BCUT2D eigenvalue weighted by atomic mass is 10.1. The highest BCUT2D eigenvalue weighted by Crippen LogP contribution is 2.37. The van der Waals surface area contributed by atoms with E-state index in [9.17, 15) is 4.79 Å². The third kappa shape index (κ3) is 3.84. The molecule has 5 nitrogen and oxygen atoms in total. The number of para-hydroxylation sites is 1. The molecule has 0 amide bonds. The molecule has 0 unspecified atom stereocenters. The molecule has 1 heterocycles. The number of methoxy groups -OCH3 is 2. The van der Waals surface area contributed by atoms with Gasteiger partial charge in [0.15, 0.2) is 17.3 Å². The van der Waals surface area contributed by atoms with Crippen LogP contribution in [-0.4, -0.2) is 14.2 Å². The van der Waals surface area contributed by atoms with Gasteiger partial charge in [-0.1, -0.05) is 35.9 Å². The van der Waals surface area contributed by atoms with Crippen molar-refractivity contribution in [1.82, 2.24) is 0 Å². The minimum absolute atomic E-state index is 0.126. The van der Waals surface area contributed by atoms with Gasteiger partial charge in [0.05, 0.1) is 19.6 Å². The Bertz CT molecular complexity index is 1260. The Labute approximate surface area is 178 Å². The van der Waals surface area contributed by atoms with Crippen molar-refractivity contribution in [3.8, 4) is 28.6 Å². The first kappa shape index (κ1) is 19.9. The van der Waals surface area contributed by atoms with Crippen LogP contribution in [0.25, 0.3) is 22.3 Å². The number of ether oxygens (including phenoxy) is 3. The molecule has 1 aromatic heterocycles. The Balaban J connectivity index is 1.85. The van der Waals surface area contributed by atoms with E-state index in [0.29, 0.717) is 38.8 Å². The number of halogens is 1. The second-order valence-corrected chi connectivity index (χ2v) is 7.01. The molecule has 0 bridgehead atoms. The molecule has 0 atom stereocenters. The van der Waals surface area contributed by atoms with E-state index >= 15 is 0 Å². The third-order valence-corrected chi connectivity index (χ3v) is 4.91. The molecule has 30 heavy (non-hydrogen) atoms. The van der Waals surface area contributed by atoms with Gasteiger partial charge in [-0.3, -0.25) is 4.79 Å². The summed E-state index contributed by atoms with van der Waals surface area (Å²) in [5, 5.41) is 1.05. The average Bonchev–Trinajstić information content (AvgIpc) is 2.78. The van der Waals surface area contributed by atoms with Crippen LogP contribution < -0.4 is 19.6 Å². The van der Waals surface area contributed by atoms with Gasteiger partial charge in [-0.2, -0.15) is 0 Å². The lowest BCUT2D eigenvalue weighted by Gasteiger charge is -2.14. The highest BCUT2D eigenvalue weighted by Gasteiger charge is 2.19. The summed E-state index contributed by atoms with van der Waals surface area (Å²) in [6, 6.07) is 19.7. The predicted octanol–water partition coefficient (Wildman–Crippen LogP) is 5.71. The van der Waals surface area contributed by atoms with Crippen molar-refractivity contribution in [1.29, 1.82) is 0 Å². The molecule has 4 aromatic rings. The van der Waals surface area contributed by atoms with Gasteiger partial charge in [0.2, 0.25) is 11.2 Å². The number of hydrogen-bond acceptors (Lipinski definition) is 5.